The van der Waals surface area contributed by atoms with E-state index in [0.29, 0.717) is 12.6 Å². The molecule has 1 aromatic carbocycles. The van der Waals surface area contributed by atoms with Gasteiger partial charge in [0, 0.05) is 42.0 Å². The fourth-order valence-corrected chi connectivity index (χ4v) is 3.32. The van der Waals surface area contributed by atoms with E-state index in [1.54, 1.807) is 6.92 Å². The Hall–Kier alpha value is -1.33. The van der Waals surface area contributed by atoms with Crippen molar-refractivity contribution in [1.29, 1.82) is 0 Å². The summed E-state index contributed by atoms with van der Waals surface area (Å²) in [6, 6.07) is 9.05. The van der Waals surface area contributed by atoms with Gasteiger partial charge in [-0.15, -0.1) is 0 Å². The first kappa shape index (κ1) is 14.6. The lowest BCUT2D eigenvalue weighted by atomic mass is 10.1. The summed E-state index contributed by atoms with van der Waals surface area (Å²) in [6.07, 6.45) is 4.56. The van der Waals surface area contributed by atoms with Crippen molar-refractivity contribution in [2.24, 2.45) is 0 Å². The van der Waals surface area contributed by atoms with Crippen LogP contribution in [0.2, 0.25) is 0 Å². The summed E-state index contributed by atoms with van der Waals surface area (Å²) in [5.74, 6) is 0.417. The summed E-state index contributed by atoms with van der Waals surface area (Å²) in [5.41, 5.74) is 2.41. The zero-order valence-electron chi connectivity index (χ0n) is 12.4. The van der Waals surface area contributed by atoms with E-state index in [9.17, 15) is 8.42 Å². The van der Waals surface area contributed by atoms with Gasteiger partial charge in [0.25, 0.3) is 0 Å². The van der Waals surface area contributed by atoms with E-state index in [1.165, 1.54) is 23.8 Å². The molecule has 1 aliphatic rings. The molecule has 1 saturated carbocycles. The third kappa shape index (κ3) is 3.47. The summed E-state index contributed by atoms with van der Waals surface area (Å²) in [7, 11) is -2.92. The molecule has 3 rings (SSSR count). The molecular formula is C16H22N2O2S. The van der Waals surface area contributed by atoms with Gasteiger partial charge < -0.3 is 9.88 Å². The lowest BCUT2D eigenvalue weighted by Gasteiger charge is -2.08. The molecule has 114 valence electrons. The molecule has 0 atom stereocenters. The van der Waals surface area contributed by atoms with E-state index < -0.39 is 9.84 Å². The Balaban J connectivity index is 1.79. The Morgan fingerprint density at radius 1 is 1.29 bits per heavy atom. The topological polar surface area (TPSA) is 51.1 Å². The average molecular weight is 306 g/mol. The van der Waals surface area contributed by atoms with Crippen LogP contribution in [0.5, 0.6) is 0 Å². The maximum absolute atomic E-state index is 11.7. The van der Waals surface area contributed by atoms with Crippen LogP contribution < -0.4 is 5.32 Å². The van der Waals surface area contributed by atoms with Gasteiger partial charge in [-0.3, -0.25) is 0 Å². The second-order valence-electron chi connectivity index (χ2n) is 5.75. The van der Waals surface area contributed by atoms with Crippen molar-refractivity contribution in [2.75, 3.05) is 11.5 Å². The third-order valence-corrected chi connectivity index (χ3v) is 5.83. The first-order chi connectivity index (χ1) is 10.1. The highest BCUT2D eigenvalue weighted by Gasteiger charge is 2.20. The second-order valence-corrected chi connectivity index (χ2v) is 8.22. The van der Waals surface area contributed by atoms with Gasteiger partial charge in [-0.1, -0.05) is 19.1 Å². The largest absolute Gasteiger partial charge is 0.346 e. The van der Waals surface area contributed by atoms with Crippen LogP contribution in [-0.2, 0) is 22.9 Å². The van der Waals surface area contributed by atoms with Crippen LogP contribution in [0.4, 0.5) is 0 Å². The summed E-state index contributed by atoms with van der Waals surface area (Å²) in [4.78, 5) is 0. The van der Waals surface area contributed by atoms with Crippen molar-refractivity contribution in [2.45, 2.75) is 38.9 Å². The fourth-order valence-electron chi connectivity index (χ4n) is 2.56. The summed E-state index contributed by atoms with van der Waals surface area (Å²) < 4.78 is 25.4. The molecule has 4 nitrogen and oxygen atoms in total. The highest BCUT2D eigenvalue weighted by molar-refractivity contribution is 7.91. The Morgan fingerprint density at radius 3 is 2.81 bits per heavy atom. The number of aryl methyl sites for hydroxylation is 1. The monoisotopic (exact) mass is 306 g/mol. The minimum absolute atomic E-state index is 0.206. The van der Waals surface area contributed by atoms with Crippen molar-refractivity contribution in [3.05, 3.63) is 36.0 Å². The molecule has 0 amide bonds. The summed E-state index contributed by atoms with van der Waals surface area (Å²) in [6.45, 7) is 3.11. The fraction of sp³-hybridized carbons (Fsp3) is 0.500. The Bertz CT molecular complexity index is 730. The predicted molar refractivity (Wildman–Crippen MR) is 86.1 cm³/mol. The van der Waals surface area contributed by atoms with Crippen molar-refractivity contribution in [1.82, 2.24) is 9.88 Å². The van der Waals surface area contributed by atoms with Crippen molar-refractivity contribution >= 4 is 20.7 Å². The Kier molecular flexibility index (Phi) is 4.04. The van der Waals surface area contributed by atoms with E-state index in [1.807, 2.05) is 10.8 Å². The maximum Gasteiger partial charge on any atom is 0.151 e. The van der Waals surface area contributed by atoms with Crippen LogP contribution in [0, 0.1) is 0 Å². The van der Waals surface area contributed by atoms with E-state index in [2.05, 4.69) is 29.6 Å². The molecule has 0 radical (unpaired) electrons. The molecule has 0 unspecified atom stereocenters. The predicted octanol–water partition coefficient (Wildman–Crippen LogP) is 2.33. The number of nitrogens with zero attached hydrogens (tertiary/aromatic N) is 1. The standard InChI is InChI=1S/C16H22N2O2S/c1-2-21(19,20)11-10-18-9-8-15-13(4-3-5-16(15)18)12-17-14-6-7-14/h3-5,8-9,14,17H,2,6-7,10-12H2,1H3. The lowest BCUT2D eigenvalue weighted by Crippen LogP contribution is -2.15. The zero-order valence-corrected chi connectivity index (χ0v) is 13.2. The molecule has 1 N–H and O–H groups in total. The van der Waals surface area contributed by atoms with Gasteiger partial charge in [0.1, 0.15) is 0 Å². The number of hydrogen-bond acceptors (Lipinski definition) is 3. The van der Waals surface area contributed by atoms with E-state index in [4.69, 9.17) is 0 Å². The molecular weight excluding hydrogens is 284 g/mol. The van der Waals surface area contributed by atoms with Crippen molar-refractivity contribution < 1.29 is 8.42 Å². The molecule has 5 heteroatoms. The second kappa shape index (κ2) is 5.81. The molecule has 0 aliphatic heterocycles. The van der Waals surface area contributed by atoms with Crippen LogP contribution in [-0.4, -0.2) is 30.5 Å². The smallest absolute Gasteiger partial charge is 0.151 e. The number of aromatic nitrogens is 1. The van der Waals surface area contributed by atoms with Gasteiger partial charge in [-0.05, 0) is 30.5 Å². The Labute approximate surface area is 126 Å². The van der Waals surface area contributed by atoms with Gasteiger partial charge in [0.15, 0.2) is 9.84 Å². The minimum Gasteiger partial charge on any atom is -0.346 e. The molecule has 1 fully saturated rings. The minimum atomic E-state index is -2.92. The quantitative estimate of drug-likeness (QED) is 0.854. The van der Waals surface area contributed by atoms with Crippen LogP contribution in [0.15, 0.2) is 30.5 Å². The first-order valence-electron chi connectivity index (χ1n) is 7.59. The molecule has 0 saturated heterocycles. The van der Waals surface area contributed by atoms with Crippen molar-refractivity contribution in [3.63, 3.8) is 0 Å². The Morgan fingerprint density at radius 2 is 2.10 bits per heavy atom. The molecule has 0 bridgehead atoms. The number of sulfone groups is 1. The lowest BCUT2D eigenvalue weighted by molar-refractivity contribution is 0.591. The number of hydrogen-bond donors (Lipinski definition) is 1. The third-order valence-electron chi connectivity index (χ3n) is 4.15. The zero-order chi connectivity index (χ0) is 14.9. The number of fused-ring (bicyclic) bond motifs is 1. The number of benzene rings is 1. The van der Waals surface area contributed by atoms with Gasteiger partial charge >= 0.3 is 0 Å². The van der Waals surface area contributed by atoms with Crippen LogP contribution in [0.1, 0.15) is 25.3 Å². The molecule has 1 aromatic heterocycles. The van der Waals surface area contributed by atoms with Crippen LogP contribution >= 0.6 is 0 Å². The first-order valence-corrected chi connectivity index (χ1v) is 9.42. The van der Waals surface area contributed by atoms with Gasteiger partial charge in [-0.2, -0.15) is 0 Å². The van der Waals surface area contributed by atoms with Gasteiger partial charge in [0.2, 0.25) is 0 Å². The van der Waals surface area contributed by atoms with E-state index >= 15 is 0 Å². The average Bonchev–Trinajstić information content (AvgIpc) is 3.22. The number of rotatable bonds is 7. The SMILES string of the molecule is CCS(=O)(=O)CCn1ccc2c(CNC3CC3)cccc21. The van der Waals surface area contributed by atoms with Crippen molar-refractivity contribution in [3.8, 4) is 0 Å². The highest BCUT2D eigenvalue weighted by Crippen LogP contribution is 2.23. The highest BCUT2D eigenvalue weighted by atomic mass is 32.2. The van der Waals surface area contributed by atoms with E-state index in [0.717, 1.165) is 12.1 Å². The maximum atomic E-state index is 11.7. The van der Waals surface area contributed by atoms with Gasteiger partial charge in [-0.25, -0.2) is 8.42 Å². The van der Waals surface area contributed by atoms with Gasteiger partial charge in [0.05, 0.1) is 5.75 Å². The summed E-state index contributed by atoms with van der Waals surface area (Å²) >= 11 is 0. The number of nitrogens with one attached hydrogen (secondary N) is 1. The molecule has 2 aromatic rings. The summed E-state index contributed by atoms with van der Waals surface area (Å²) in [5, 5.41) is 4.76. The van der Waals surface area contributed by atoms with Crippen LogP contribution in [0.3, 0.4) is 0 Å². The normalized spacial score (nSPS) is 15.7. The molecule has 21 heavy (non-hydrogen) atoms. The van der Waals surface area contributed by atoms with Crippen LogP contribution in [0.25, 0.3) is 10.9 Å². The van der Waals surface area contributed by atoms with E-state index in [-0.39, 0.29) is 11.5 Å². The molecule has 1 heterocycles. The molecule has 0 spiro atoms. The molecule has 1 aliphatic carbocycles.